The number of aliphatic hydroxyl groups is 1. The van der Waals surface area contributed by atoms with Gasteiger partial charge in [0.1, 0.15) is 11.0 Å². The smallest absolute Gasteiger partial charge is 0.223 e. The molecule has 0 aliphatic heterocycles. The summed E-state index contributed by atoms with van der Waals surface area (Å²) in [5.41, 5.74) is 5.37. The van der Waals surface area contributed by atoms with E-state index in [1.165, 1.54) is 0 Å². The number of aliphatic hydroxyl groups excluding tert-OH is 1. The lowest BCUT2D eigenvalue weighted by molar-refractivity contribution is 0.127. The topological polar surface area (TPSA) is 84.1 Å². The van der Waals surface area contributed by atoms with Crippen LogP contribution in [-0.4, -0.2) is 28.2 Å². The van der Waals surface area contributed by atoms with Crippen LogP contribution in [0.4, 0.5) is 11.8 Å². The summed E-state index contributed by atoms with van der Waals surface area (Å²) in [5.74, 6) is 0.727. The third-order valence-corrected chi connectivity index (χ3v) is 3.39. The maximum atomic E-state index is 9.44. The van der Waals surface area contributed by atoms with E-state index in [1.54, 1.807) is 6.07 Å². The Morgan fingerprint density at radius 1 is 1.41 bits per heavy atom. The fourth-order valence-electron chi connectivity index (χ4n) is 1.58. The van der Waals surface area contributed by atoms with Crippen molar-refractivity contribution in [2.45, 2.75) is 26.7 Å². The Balaban J connectivity index is 2.71. The Hall–Kier alpha value is -1.07. The van der Waals surface area contributed by atoms with Gasteiger partial charge in [0.25, 0.3) is 0 Å². The average molecular weight is 259 g/mol. The molecule has 0 saturated heterocycles. The zero-order valence-corrected chi connectivity index (χ0v) is 11.0. The molecular formula is C11H19ClN4O. The average Bonchev–Trinajstić information content (AvgIpc) is 2.30. The third-order valence-electron chi connectivity index (χ3n) is 3.19. The molecule has 0 bridgehead atoms. The summed E-state index contributed by atoms with van der Waals surface area (Å²) < 4.78 is 0. The summed E-state index contributed by atoms with van der Waals surface area (Å²) in [6.07, 6.45) is 1.78. The minimum Gasteiger partial charge on any atom is -0.396 e. The van der Waals surface area contributed by atoms with E-state index in [2.05, 4.69) is 29.1 Å². The van der Waals surface area contributed by atoms with Crippen molar-refractivity contribution >= 4 is 23.4 Å². The van der Waals surface area contributed by atoms with Crippen molar-refractivity contribution in [1.82, 2.24) is 9.97 Å². The maximum Gasteiger partial charge on any atom is 0.223 e. The van der Waals surface area contributed by atoms with Crippen LogP contribution in [0.25, 0.3) is 0 Å². The minimum absolute atomic E-state index is 0.133. The second-order valence-electron chi connectivity index (χ2n) is 4.15. The summed E-state index contributed by atoms with van der Waals surface area (Å²) in [4.78, 5) is 7.81. The Kier molecular flexibility index (Phi) is 4.96. The number of nitrogen functional groups attached to an aromatic ring is 1. The van der Waals surface area contributed by atoms with Gasteiger partial charge in [-0.2, -0.15) is 4.98 Å². The molecule has 0 aromatic carbocycles. The lowest BCUT2D eigenvalue weighted by atomic mass is 9.83. The van der Waals surface area contributed by atoms with Gasteiger partial charge in [0.2, 0.25) is 5.95 Å². The van der Waals surface area contributed by atoms with E-state index in [4.69, 9.17) is 17.3 Å². The first kappa shape index (κ1) is 14.0. The molecule has 0 fully saturated rings. The van der Waals surface area contributed by atoms with Gasteiger partial charge in [0.05, 0.1) is 6.61 Å². The Morgan fingerprint density at radius 2 is 2.06 bits per heavy atom. The fourth-order valence-corrected chi connectivity index (χ4v) is 1.77. The van der Waals surface area contributed by atoms with Crippen molar-refractivity contribution in [3.8, 4) is 0 Å². The number of nitrogens with one attached hydrogen (secondary N) is 1. The van der Waals surface area contributed by atoms with Crippen LogP contribution in [0.2, 0.25) is 5.15 Å². The molecule has 0 unspecified atom stereocenters. The highest BCUT2D eigenvalue weighted by Crippen LogP contribution is 2.26. The quantitative estimate of drug-likeness (QED) is 0.679. The zero-order valence-electron chi connectivity index (χ0n) is 10.2. The van der Waals surface area contributed by atoms with E-state index < -0.39 is 0 Å². The lowest BCUT2D eigenvalue weighted by Gasteiger charge is -2.29. The number of nitrogens with zero attached hydrogens (tertiary/aromatic N) is 2. The monoisotopic (exact) mass is 258 g/mol. The second kappa shape index (κ2) is 6.02. The molecule has 0 amide bonds. The normalized spacial score (nSPS) is 11.5. The van der Waals surface area contributed by atoms with Gasteiger partial charge in [-0.05, 0) is 12.8 Å². The summed E-state index contributed by atoms with van der Waals surface area (Å²) in [7, 11) is 0. The van der Waals surface area contributed by atoms with Gasteiger partial charge < -0.3 is 16.2 Å². The zero-order chi connectivity index (χ0) is 12.9. The van der Waals surface area contributed by atoms with Gasteiger partial charge in [0.15, 0.2) is 0 Å². The summed E-state index contributed by atoms with van der Waals surface area (Å²) >= 11 is 5.78. The molecule has 0 radical (unpaired) electrons. The fraction of sp³-hybridized carbons (Fsp3) is 0.636. The van der Waals surface area contributed by atoms with E-state index in [9.17, 15) is 5.11 Å². The van der Waals surface area contributed by atoms with Gasteiger partial charge in [-0.1, -0.05) is 25.4 Å². The van der Waals surface area contributed by atoms with Crippen LogP contribution in [0.1, 0.15) is 26.7 Å². The molecular weight excluding hydrogens is 240 g/mol. The molecule has 5 nitrogen and oxygen atoms in total. The van der Waals surface area contributed by atoms with Gasteiger partial charge in [-0.3, -0.25) is 0 Å². The molecule has 1 rings (SSSR count). The van der Waals surface area contributed by atoms with E-state index in [1.807, 2.05) is 0 Å². The molecule has 6 heteroatoms. The number of nitrogens with two attached hydrogens (primary N) is 1. The number of anilines is 2. The molecule has 0 aliphatic carbocycles. The van der Waals surface area contributed by atoms with Crippen molar-refractivity contribution in [2.24, 2.45) is 5.41 Å². The molecule has 0 atom stereocenters. The first-order valence-corrected chi connectivity index (χ1v) is 6.08. The predicted molar refractivity (Wildman–Crippen MR) is 70.0 cm³/mol. The molecule has 1 aromatic rings. The summed E-state index contributed by atoms with van der Waals surface area (Å²) in [6.45, 7) is 4.88. The number of hydrogen-bond acceptors (Lipinski definition) is 5. The van der Waals surface area contributed by atoms with Crippen molar-refractivity contribution in [2.75, 3.05) is 24.2 Å². The Labute approximate surface area is 106 Å². The number of aromatic nitrogens is 2. The highest BCUT2D eigenvalue weighted by Gasteiger charge is 2.25. The SMILES string of the molecule is CCC(CC)(CO)CNc1cc(Cl)nc(N)n1. The van der Waals surface area contributed by atoms with Gasteiger partial charge in [-0.25, -0.2) is 4.98 Å². The third kappa shape index (κ3) is 3.71. The summed E-state index contributed by atoms with van der Waals surface area (Å²) in [5, 5.41) is 12.9. The number of hydrogen-bond donors (Lipinski definition) is 3. The van der Waals surface area contributed by atoms with Crippen molar-refractivity contribution in [3.05, 3.63) is 11.2 Å². The van der Waals surface area contributed by atoms with Gasteiger partial charge in [-0.15, -0.1) is 0 Å². The van der Waals surface area contributed by atoms with Crippen LogP contribution in [0.5, 0.6) is 0 Å². The maximum absolute atomic E-state index is 9.44. The van der Waals surface area contributed by atoms with Crippen molar-refractivity contribution in [1.29, 1.82) is 0 Å². The van der Waals surface area contributed by atoms with Crippen LogP contribution < -0.4 is 11.1 Å². The van der Waals surface area contributed by atoms with E-state index in [0.717, 1.165) is 12.8 Å². The lowest BCUT2D eigenvalue weighted by Crippen LogP contribution is -2.32. The second-order valence-corrected chi connectivity index (χ2v) is 4.54. The van der Waals surface area contributed by atoms with Crippen molar-refractivity contribution < 1.29 is 5.11 Å². The molecule has 4 N–H and O–H groups in total. The molecule has 17 heavy (non-hydrogen) atoms. The summed E-state index contributed by atoms with van der Waals surface area (Å²) in [6, 6.07) is 1.62. The standard InChI is InChI=1S/C11H19ClN4O/c1-3-11(4-2,7-17)6-14-9-5-8(12)15-10(13)16-9/h5,17H,3-4,6-7H2,1-2H3,(H3,13,14,15,16). The molecule has 1 aromatic heterocycles. The molecule has 0 spiro atoms. The molecule has 1 heterocycles. The van der Waals surface area contributed by atoms with E-state index in [0.29, 0.717) is 17.5 Å². The van der Waals surface area contributed by atoms with Crippen LogP contribution in [-0.2, 0) is 0 Å². The molecule has 96 valence electrons. The highest BCUT2D eigenvalue weighted by atomic mass is 35.5. The minimum atomic E-state index is -0.133. The Morgan fingerprint density at radius 3 is 2.53 bits per heavy atom. The molecule has 0 aliphatic rings. The number of halogens is 1. The van der Waals surface area contributed by atoms with Gasteiger partial charge in [0, 0.05) is 18.0 Å². The molecule has 0 saturated carbocycles. The first-order chi connectivity index (χ1) is 8.05. The Bertz CT molecular complexity index is 340. The largest absolute Gasteiger partial charge is 0.396 e. The number of rotatable bonds is 6. The van der Waals surface area contributed by atoms with E-state index >= 15 is 0 Å². The van der Waals surface area contributed by atoms with Crippen LogP contribution in [0.3, 0.4) is 0 Å². The van der Waals surface area contributed by atoms with Crippen LogP contribution in [0.15, 0.2) is 6.07 Å². The van der Waals surface area contributed by atoms with Crippen LogP contribution in [0, 0.1) is 5.41 Å². The van der Waals surface area contributed by atoms with E-state index in [-0.39, 0.29) is 18.0 Å². The highest BCUT2D eigenvalue weighted by molar-refractivity contribution is 6.29. The first-order valence-electron chi connectivity index (χ1n) is 5.70. The van der Waals surface area contributed by atoms with Crippen molar-refractivity contribution in [3.63, 3.8) is 0 Å². The van der Waals surface area contributed by atoms with Gasteiger partial charge >= 0.3 is 0 Å². The van der Waals surface area contributed by atoms with Crippen LogP contribution >= 0.6 is 11.6 Å². The predicted octanol–water partition coefficient (Wildman–Crippen LogP) is 1.92.